The number of hydrogen-bond donors (Lipinski definition) is 0. The van der Waals surface area contributed by atoms with Crippen LogP contribution in [0.15, 0.2) is 194 Å². The largest absolute Gasteiger partial charge is 0.208 e. The van der Waals surface area contributed by atoms with E-state index in [-0.39, 0.29) is 0 Å². The van der Waals surface area contributed by atoms with Gasteiger partial charge in [0.05, 0.1) is 0 Å². The third-order valence-electron chi connectivity index (χ3n) is 12.3. The fourth-order valence-corrected chi connectivity index (χ4v) is 9.50. The molecule has 1 aliphatic rings. The molecule has 10 aromatic rings. The molecule has 0 atom stereocenters. The Morgan fingerprint density at radius 1 is 0.288 bits per heavy atom. The number of benzene rings is 9. The standard InChI is InChI=1S/C56H41N3/c1-3-19-39(20-4-1)42-23-9-16-30-50(42)55-57-54(41-21-5-2-6-22-41)58-56(59-55)51-36-35-49(43-24-10-11-25-44(43)51)53-47-28-14-12-26-45(47)52(46-27-13-15-29-48(46)53)40-33-31-38(32-34-40)37-17-7-8-18-37/h1-6,9-16,19-37H,7-8,17-18H2. The van der Waals surface area contributed by atoms with Gasteiger partial charge >= 0.3 is 0 Å². The Kier molecular flexibility index (Phi) is 8.85. The van der Waals surface area contributed by atoms with E-state index in [0.29, 0.717) is 23.4 Å². The number of hydrogen-bond acceptors (Lipinski definition) is 3. The molecule has 1 heterocycles. The summed E-state index contributed by atoms with van der Waals surface area (Å²) in [4.78, 5) is 15.6. The van der Waals surface area contributed by atoms with Gasteiger partial charge in [-0.05, 0) is 96.1 Å². The summed E-state index contributed by atoms with van der Waals surface area (Å²) in [6.45, 7) is 0. The van der Waals surface area contributed by atoms with E-state index in [0.717, 1.165) is 38.6 Å². The molecule has 0 aliphatic heterocycles. The average Bonchev–Trinajstić information content (AvgIpc) is 3.87. The first-order valence-electron chi connectivity index (χ1n) is 20.8. The van der Waals surface area contributed by atoms with Gasteiger partial charge in [0.1, 0.15) is 0 Å². The van der Waals surface area contributed by atoms with Gasteiger partial charge in [-0.25, -0.2) is 15.0 Å². The first-order chi connectivity index (χ1) is 29.3. The van der Waals surface area contributed by atoms with Crippen molar-refractivity contribution in [3.05, 3.63) is 200 Å². The Morgan fingerprint density at radius 2 is 0.729 bits per heavy atom. The van der Waals surface area contributed by atoms with Crippen LogP contribution in [0.2, 0.25) is 0 Å². The van der Waals surface area contributed by atoms with E-state index in [1.165, 1.54) is 75.0 Å². The molecule has 0 spiro atoms. The Labute approximate surface area is 344 Å². The number of rotatable bonds is 7. The Balaban J connectivity index is 1.12. The molecule has 0 bridgehead atoms. The van der Waals surface area contributed by atoms with Gasteiger partial charge < -0.3 is 0 Å². The maximum atomic E-state index is 5.29. The minimum atomic E-state index is 0.644. The van der Waals surface area contributed by atoms with E-state index < -0.39 is 0 Å². The van der Waals surface area contributed by atoms with Crippen LogP contribution in [-0.4, -0.2) is 15.0 Å². The predicted octanol–water partition coefficient (Wildman–Crippen LogP) is 15.0. The highest BCUT2D eigenvalue weighted by molar-refractivity contribution is 6.24. The molecule has 1 saturated carbocycles. The van der Waals surface area contributed by atoms with Gasteiger partial charge in [0.15, 0.2) is 17.5 Å². The van der Waals surface area contributed by atoms with Crippen molar-refractivity contribution in [1.82, 2.24) is 15.0 Å². The van der Waals surface area contributed by atoms with E-state index in [9.17, 15) is 0 Å². The first kappa shape index (κ1) is 35.0. The maximum absolute atomic E-state index is 5.29. The smallest absolute Gasteiger partial charge is 0.164 e. The van der Waals surface area contributed by atoms with Gasteiger partial charge in [-0.15, -0.1) is 0 Å². The molecular formula is C56H41N3. The van der Waals surface area contributed by atoms with Crippen molar-refractivity contribution in [2.45, 2.75) is 31.6 Å². The number of nitrogens with zero attached hydrogens (tertiary/aromatic N) is 3. The lowest BCUT2D eigenvalue weighted by molar-refractivity contribution is 0.723. The van der Waals surface area contributed by atoms with Gasteiger partial charge in [0, 0.05) is 16.7 Å². The molecule has 280 valence electrons. The SMILES string of the molecule is c1ccc(-c2nc(-c3ccccc3-c3ccccc3)nc(-c3ccc(-c4c5ccccc5c(-c5ccc(C6CCCC6)cc5)c5ccccc45)c4ccccc34)n2)cc1. The van der Waals surface area contributed by atoms with Gasteiger partial charge in [-0.3, -0.25) is 0 Å². The summed E-state index contributed by atoms with van der Waals surface area (Å²) in [7, 11) is 0. The minimum absolute atomic E-state index is 0.644. The average molecular weight is 756 g/mol. The summed E-state index contributed by atoms with van der Waals surface area (Å²) in [6.07, 6.45) is 5.29. The molecular weight excluding hydrogens is 715 g/mol. The molecule has 1 aliphatic carbocycles. The lowest BCUT2D eigenvalue weighted by Gasteiger charge is -2.20. The molecule has 1 fully saturated rings. The third kappa shape index (κ3) is 6.27. The minimum Gasteiger partial charge on any atom is -0.208 e. The van der Waals surface area contributed by atoms with Crippen molar-refractivity contribution in [3.8, 4) is 67.5 Å². The third-order valence-corrected chi connectivity index (χ3v) is 12.3. The van der Waals surface area contributed by atoms with Crippen LogP contribution in [0.4, 0.5) is 0 Å². The normalized spacial score (nSPS) is 13.1. The first-order valence-corrected chi connectivity index (χ1v) is 20.8. The van der Waals surface area contributed by atoms with Crippen LogP contribution in [-0.2, 0) is 0 Å². The van der Waals surface area contributed by atoms with Crippen molar-refractivity contribution in [1.29, 1.82) is 0 Å². The Morgan fingerprint density at radius 3 is 1.34 bits per heavy atom. The van der Waals surface area contributed by atoms with Crippen molar-refractivity contribution < 1.29 is 0 Å². The lowest BCUT2D eigenvalue weighted by Crippen LogP contribution is -2.01. The second kappa shape index (κ2) is 14.9. The highest BCUT2D eigenvalue weighted by Crippen LogP contribution is 2.47. The topological polar surface area (TPSA) is 38.7 Å². The second-order valence-electron chi connectivity index (χ2n) is 15.7. The molecule has 59 heavy (non-hydrogen) atoms. The molecule has 11 rings (SSSR count). The molecule has 3 heteroatoms. The van der Waals surface area contributed by atoms with Crippen molar-refractivity contribution in [2.24, 2.45) is 0 Å². The van der Waals surface area contributed by atoms with Gasteiger partial charge in [0.25, 0.3) is 0 Å². The maximum Gasteiger partial charge on any atom is 0.164 e. The lowest BCUT2D eigenvalue weighted by atomic mass is 9.84. The van der Waals surface area contributed by atoms with Crippen molar-refractivity contribution >= 4 is 32.3 Å². The highest BCUT2D eigenvalue weighted by Gasteiger charge is 2.22. The molecule has 0 unspecified atom stereocenters. The van der Waals surface area contributed by atoms with Crippen LogP contribution in [0.1, 0.15) is 37.2 Å². The second-order valence-corrected chi connectivity index (χ2v) is 15.7. The van der Waals surface area contributed by atoms with E-state index in [1.807, 2.05) is 24.3 Å². The van der Waals surface area contributed by atoms with Crippen LogP contribution in [0, 0.1) is 0 Å². The molecule has 9 aromatic carbocycles. The summed E-state index contributed by atoms with van der Waals surface area (Å²) < 4.78 is 0. The van der Waals surface area contributed by atoms with E-state index >= 15 is 0 Å². The monoisotopic (exact) mass is 755 g/mol. The van der Waals surface area contributed by atoms with Crippen LogP contribution in [0.3, 0.4) is 0 Å². The molecule has 0 radical (unpaired) electrons. The fraction of sp³-hybridized carbons (Fsp3) is 0.0893. The summed E-state index contributed by atoms with van der Waals surface area (Å²) >= 11 is 0. The van der Waals surface area contributed by atoms with Gasteiger partial charge in [0.2, 0.25) is 0 Å². The zero-order valence-corrected chi connectivity index (χ0v) is 32.7. The number of aromatic nitrogens is 3. The van der Waals surface area contributed by atoms with Crippen LogP contribution >= 0.6 is 0 Å². The van der Waals surface area contributed by atoms with E-state index in [1.54, 1.807) is 0 Å². The van der Waals surface area contributed by atoms with E-state index in [4.69, 9.17) is 15.0 Å². The van der Waals surface area contributed by atoms with Crippen LogP contribution in [0.5, 0.6) is 0 Å². The summed E-state index contributed by atoms with van der Waals surface area (Å²) in [5.41, 5.74) is 11.5. The van der Waals surface area contributed by atoms with Crippen molar-refractivity contribution in [2.75, 3.05) is 0 Å². The summed E-state index contributed by atoms with van der Waals surface area (Å²) in [6, 6.07) is 69.7. The van der Waals surface area contributed by atoms with Crippen LogP contribution < -0.4 is 0 Å². The highest BCUT2D eigenvalue weighted by atomic mass is 15.0. The molecule has 3 nitrogen and oxygen atoms in total. The summed E-state index contributed by atoms with van der Waals surface area (Å²) in [5, 5.41) is 7.25. The zero-order valence-electron chi connectivity index (χ0n) is 32.7. The van der Waals surface area contributed by atoms with Crippen molar-refractivity contribution in [3.63, 3.8) is 0 Å². The zero-order chi connectivity index (χ0) is 39.1. The molecule has 0 N–H and O–H groups in total. The molecule has 0 amide bonds. The molecule has 0 saturated heterocycles. The Bertz CT molecular complexity index is 3090. The predicted molar refractivity (Wildman–Crippen MR) is 246 cm³/mol. The fourth-order valence-electron chi connectivity index (χ4n) is 9.50. The summed E-state index contributed by atoms with van der Waals surface area (Å²) in [5.74, 6) is 2.62. The van der Waals surface area contributed by atoms with Gasteiger partial charge in [-0.1, -0.05) is 201 Å². The van der Waals surface area contributed by atoms with E-state index in [2.05, 4.69) is 170 Å². The quantitative estimate of drug-likeness (QED) is 0.152. The van der Waals surface area contributed by atoms with Gasteiger partial charge in [-0.2, -0.15) is 0 Å². The number of fused-ring (bicyclic) bond motifs is 3. The van der Waals surface area contributed by atoms with Crippen LogP contribution in [0.25, 0.3) is 99.9 Å². The molecule has 1 aromatic heterocycles. The Hall–Kier alpha value is -7.23.